The van der Waals surface area contributed by atoms with Crippen molar-refractivity contribution in [2.45, 2.75) is 19.3 Å². The number of carbonyl (C=O) groups excluding carboxylic acids is 2. The second kappa shape index (κ2) is 6.49. The maximum absolute atomic E-state index is 12.6. The Labute approximate surface area is 144 Å². The minimum atomic E-state index is -0.194. The van der Waals surface area contributed by atoms with Gasteiger partial charge in [0.15, 0.2) is 18.2 Å². The van der Waals surface area contributed by atoms with Gasteiger partial charge in [-0.15, -0.1) is 0 Å². The van der Waals surface area contributed by atoms with Crippen molar-refractivity contribution in [3.8, 4) is 11.5 Å². The van der Waals surface area contributed by atoms with Crippen molar-refractivity contribution in [3.63, 3.8) is 0 Å². The number of imide groups is 1. The Hall–Kier alpha value is -1.99. The van der Waals surface area contributed by atoms with Crippen molar-refractivity contribution in [1.82, 2.24) is 4.90 Å². The standard InChI is InChI=1S/C17H18N2O4S/c20-16-15(9-12-4-5-13-14(8-12)23-11-22-13)24-17(21)19(16)10-18-6-2-1-3-7-18/h4-5,8-9H,1-3,6-7,10-11H2/p+1/b15-9-. The first kappa shape index (κ1) is 15.5. The Kier molecular flexibility index (Phi) is 4.20. The lowest BCUT2D eigenvalue weighted by atomic mass is 10.1. The molecule has 2 fully saturated rings. The first-order chi connectivity index (χ1) is 11.7. The summed E-state index contributed by atoms with van der Waals surface area (Å²) in [5.74, 6) is 1.18. The number of rotatable bonds is 3. The molecule has 0 aromatic heterocycles. The monoisotopic (exact) mass is 347 g/mol. The Morgan fingerprint density at radius 3 is 2.75 bits per heavy atom. The lowest BCUT2D eigenvalue weighted by Gasteiger charge is -2.26. The second-order valence-electron chi connectivity index (χ2n) is 6.19. The Bertz CT molecular complexity index is 713. The maximum atomic E-state index is 12.6. The smallest absolute Gasteiger partial charge is 0.298 e. The summed E-state index contributed by atoms with van der Waals surface area (Å²) in [6.07, 6.45) is 5.32. The van der Waals surface area contributed by atoms with Crippen LogP contribution in [-0.4, -0.2) is 42.6 Å². The number of quaternary nitrogens is 1. The SMILES string of the molecule is O=C1S/C(=C\c2ccc3c(c2)OCO3)C(=O)N1C[NH+]1CCCCC1. The summed E-state index contributed by atoms with van der Waals surface area (Å²) >= 11 is 1.01. The molecular formula is C17H19N2O4S+. The van der Waals surface area contributed by atoms with Crippen LogP contribution in [0.25, 0.3) is 6.08 Å². The van der Waals surface area contributed by atoms with Crippen LogP contribution in [0.15, 0.2) is 23.1 Å². The first-order valence-electron chi connectivity index (χ1n) is 8.19. The molecule has 3 heterocycles. The number of amides is 2. The zero-order valence-corrected chi connectivity index (χ0v) is 14.1. The summed E-state index contributed by atoms with van der Waals surface area (Å²) in [4.78, 5) is 27.9. The highest BCUT2D eigenvalue weighted by molar-refractivity contribution is 8.18. The van der Waals surface area contributed by atoms with Gasteiger partial charge in [0.25, 0.3) is 11.1 Å². The molecule has 0 bridgehead atoms. The number of thioether (sulfide) groups is 1. The van der Waals surface area contributed by atoms with Gasteiger partial charge in [-0.05, 0) is 54.8 Å². The molecule has 0 atom stereocenters. The number of likely N-dealkylation sites (tertiary alicyclic amines) is 1. The molecule has 0 radical (unpaired) electrons. The highest BCUT2D eigenvalue weighted by atomic mass is 32.2. The molecular weight excluding hydrogens is 328 g/mol. The van der Waals surface area contributed by atoms with E-state index in [-0.39, 0.29) is 17.9 Å². The molecule has 2 amide bonds. The minimum absolute atomic E-state index is 0.176. The Morgan fingerprint density at radius 2 is 1.92 bits per heavy atom. The molecule has 4 rings (SSSR count). The predicted molar refractivity (Wildman–Crippen MR) is 89.8 cm³/mol. The summed E-state index contributed by atoms with van der Waals surface area (Å²) in [5.41, 5.74) is 0.829. The van der Waals surface area contributed by atoms with Gasteiger partial charge in [-0.3, -0.25) is 9.59 Å². The van der Waals surface area contributed by atoms with E-state index in [1.807, 2.05) is 18.2 Å². The largest absolute Gasteiger partial charge is 0.454 e. The van der Waals surface area contributed by atoms with Crippen molar-refractivity contribution in [1.29, 1.82) is 0 Å². The third-order valence-electron chi connectivity index (χ3n) is 4.51. The number of hydrogen-bond acceptors (Lipinski definition) is 5. The summed E-state index contributed by atoms with van der Waals surface area (Å²) in [6, 6.07) is 5.50. The zero-order valence-electron chi connectivity index (χ0n) is 13.2. The van der Waals surface area contributed by atoms with E-state index < -0.39 is 0 Å². The normalized spacial score (nSPS) is 22.7. The third kappa shape index (κ3) is 3.01. The van der Waals surface area contributed by atoms with Gasteiger partial charge in [-0.1, -0.05) is 6.07 Å². The molecule has 6 nitrogen and oxygen atoms in total. The molecule has 1 N–H and O–H groups in total. The highest BCUT2D eigenvalue weighted by Crippen LogP contribution is 2.35. The minimum Gasteiger partial charge on any atom is -0.454 e. The molecule has 0 spiro atoms. The number of fused-ring (bicyclic) bond motifs is 1. The number of piperidine rings is 1. The van der Waals surface area contributed by atoms with E-state index in [2.05, 4.69) is 0 Å². The third-order valence-corrected chi connectivity index (χ3v) is 5.42. The van der Waals surface area contributed by atoms with Gasteiger partial charge < -0.3 is 14.4 Å². The molecule has 0 aliphatic carbocycles. The van der Waals surface area contributed by atoms with Crippen LogP contribution in [0.2, 0.25) is 0 Å². The Balaban J connectivity index is 1.50. The summed E-state index contributed by atoms with van der Waals surface area (Å²) < 4.78 is 10.6. The average Bonchev–Trinajstić information content (AvgIpc) is 3.16. The van der Waals surface area contributed by atoms with Crippen LogP contribution >= 0.6 is 11.8 Å². The van der Waals surface area contributed by atoms with Crippen molar-refractivity contribution < 1.29 is 24.0 Å². The molecule has 126 valence electrons. The van der Waals surface area contributed by atoms with E-state index >= 15 is 0 Å². The van der Waals surface area contributed by atoms with E-state index in [4.69, 9.17) is 9.47 Å². The molecule has 1 aromatic carbocycles. The van der Waals surface area contributed by atoms with Crippen molar-refractivity contribution in [2.24, 2.45) is 0 Å². The molecule has 3 aliphatic heterocycles. The van der Waals surface area contributed by atoms with Crippen LogP contribution in [0.5, 0.6) is 11.5 Å². The van der Waals surface area contributed by atoms with Crippen molar-refractivity contribution >= 4 is 29.0 Å². The lowest BCUT2D eigenvalue weighted by molar-refractivity contribution is -0.912. The quantitative estimate of drug-likeness (QED) is 0.840. The number of nitrogens with zero attached hydrogens (tertiary/aromatic N) is 1. The number of ether oxygens (including phenoxy) is 2. The average molecular weight is 347 g/mol. The molecule has 3 aliphatic rings. The van der Waals surface area contributed by atoms with E-state index in [0.717, 1.165) is 30.4 Å². The van der Waals surface area contributed by atoms with Crippen LogP contribution in [0.4, 0.5) is 4.79 Å². The van der Waals surface area contributed by atoms with Crippen LogP contribution < -0.4 is 14.4 Å². The van der Waals surface area contributed by atoms with Gasteiger partial charge in [-0.25, -0.2) is 4.90 Å². The number of nitrogens with one attached hydrogen (secondary N) is 1. The van der Waals surface area contributed by atoms with Gasteiger partial charge in [0.1, 0.15) is 0 Å². The number of carbonyl (C=O) groups is 2. The predicted octanol–water partition coefficient (Wildman–Crippen LogP) is 1.48. The lowest BCUT2D eigenvalue weighted by Crippen LogP contribution is -3.14. The van der Waals surface area contributed by atoms with E-state index in [1.165, 1.54) is 29.1 Å². The summed E-state index contributed by atoms with van der Waals surface area (Å²) in [6.45, 7) is 2.75. The molecule has 24 heavy (non-hydrogen) atoms. The molecule has 7 heteroatoms. The van der Waals surface area contributed by atoms with E-state index in [9.17, 15) is 9.59 Å². The summed E-state index contributed by atoms with van der Waals surface area (Å²) in [5, 5.41) is -0.176. The van der Waals surface area contributed by atoms with Gasteiger partial charge in [0.05, 0.1) is 18.0 Å². The van der Waals surface area contributed by atoms with Crippen LogP contribution in [0, 0.1) is 0 Å². The van der Waals surface area contributed by atoms with Crippen LogP contribution in [0.3, 0.4) is 0 Å². The van der Waals surface area contributed by atoms with Crippen LogP contribution in [-0.2, 0) is 4.79 Å². The number of hydrogen-bond donors (Lipinski definition) is 1. The fraction of sp³-hybridized carbons (Fsp3) is 0.412. The second-order valence-corrected chi connectivity index (χ2v) is 7.18. The van der Waals surface area contributed by atoms with Gasteiger partial charge in [-0.2, -0.15) is 0 Å². The molecule has 1 aromatic rings. The molecule has 0 unspecified atom stereocenters. The number of benzene rings is 1. The van der Waals surface area contributed by atoms with Crippen molar-refractivity contribution in [3.05, 3.63) is 28.7 Å². The van der Waals surface area contributed by atoms with Gasteiger partial charge in [0, 0.05) is 0 Å². The zero-order chi connectivity index (χ0) is 16.5. The highest BCUT2D eigenvalue weighted by Gasteiger charge is 2.37. The van der Waals surface area contributed by atoms with Crippen molar-refractivity contribution in [2.75, 3.05) is 26.6 Å². The molecule has 0 saturated carbocycles. The first-order valence-corrected chi connectivity index (χ1v) is 9.01. The fourth-order valence-corrected chi connectivity index (χ4v) is 4.06. The van der Waals surface area contributed by atoms with Gasteiger partial charge in [0.2, 0.25) is 6.79 Å². The Morgan fingerprint density at radius 1 is 1.12 bits per heavy atom. The van der Waals surface area contributed by atoms with Crippen LogP contribution in [0.1, 0.15) is 24.8 Å². The topological polar surface area (TPSA) is 60.3 Å². The van der Waals surface area contributed by atoms with Gasteiger partial charge >= 0.3 is 0 Å². The van der Waals surface area contributed by atoms with E-state index in [0.29, 0.717) is 23.1 Å². The molecule has 2 saturated heterocycles. The summed E-state index contributed by atoms with van der Waals surface area (Å²) in [7, 11) is 0. The maximum Gasteiger partial charge on any atom is 0.298 e. The van der Waals surface area contributed by atoms with E-state index in [1.54, 1.807) is 6.08 Å². The fourth-order valence-electron chi connectivity index (χ4n) is 3.22.